The summed E-state index contributed by atoms with van der Waals surface area (Å²) in [6, 6.07) is 5.59. The molecule has 6 heteroatoms. The Bertz CT molecular complexity index is 650. The molecule has 0 spiro atoms. The summed E-state index contributed by atoms with van der Waals surface area (Å²) < 4.78 is 5.07. The van der Waals surface area contributed by atoms with Gasteiger partial charge in [-0.3, -0.25) is 4.79 Å². The van der Waals surface area contributed by atoms with E-state index in [0.29, 0.717) is 11.3 Å². The van der Waals surface area contributed by atoms with Crippen LogP contribution in [0.4, 0.5) is 0 Å². The smallest absolute Gasteiger partial charge is 0.256 e. The van der Waals surface area contributed by atoms with Gasteiger partial charge in [-0.1, -0.05) is 16.9 Å². The van der Waals surface area contributed by atoms with Gasteiger partial charge in [-0.2, -0.15) is 0 Å². The molecule has 0 aromatic carbocycles. The molecule has 1 saturated heterocycles. The van der Waals surface area contributed by atoms with Crippen molar-refractivity contribution >= 4 is 17.7 Å². The number of aromatic nitrogens is 2. The van der Waals surface area contributed by atoms with Crippen LogP contribution in [0.15, 0.2) is 33.9 Å². The van der Waals surface area contributed by atoms with E-state index in [-0.39, 0.29) is 5.91 Å². The molecule has 0 bridgehead atoms. The van der Waals surface area contributed by atoms with Crippen molar-refractivity contribution in [3.63, 3.8) is 0 Å². The van der Waals surface area contributed by atoms with E-state index in [1.807, 2.05) is 30.0 Å². The number of amides is 1. The molecule has 1 aliphatic heterocycles. The third kappa shape index (κ3) is 3.50. The van der Waals surface area contributed by atoms with Crippen LogP contribution < -0.4 is 0 Å². The Morgan fingerprint density at radius 1 is 1.36 bits per heavy atom. The molecule has 3 heterocycles. The van der Waals surface area contributed by atoms with Crippen molar-refractivity contribution in [2.75, 3.05) is 13.1 Å². The highest BCUT2D eigenvalue weighted by Crippen LogP contribution is 2.25. The number of nitrogens with zero attached hydrogens (tertiary/aromatic N) is 3. The Labute approximate surface area is 134 Å². The van der Waals surface area contributed by atoms with Crippen LogP contribution in [0.5, 0.6) is 0 Å². The number of hydrogen-bond acceptors (Lipinski definition) is 5. The van der Waals surface area contributed by atoms with Gasteiger partial charge in [0, 0.05) is 31.1 Å². The monoisotopic (exact) mass is 317 g/mol. The van der Waals surface area contributed by atoms with Crippen molar-refractivity contribution in [3.05, 3.63) is 41.4 Å². The fourth-order valence-corrected chi connectivity index (χ4v) is 3.43. The molecule has 0 unspecified atom stereocenters. The summed E-state index contributed by atoms with van der Waals surface area (Å²) in [5.74, 6) is 1.53. The molecule has 2 aromatic heterocycles. The molecule has 1 amide bonds. The lowest BCUT2D eigenvalue weighted by Gasteiger charge is -2.27. The quantitative estimate of drug-likeness (QED) is 0.810. The molecule has 116 valence electrons. The van der Waals surface area contributed by atoms with Gasteiger partial charge in [-0.25, -0.2) is 4.98 Å². The van der Waals surface area contributed by atoms with Gasteiger partial charge in [0.15, 0.2) is 0 Å². The zero-order valence-electron chi connectivity index (χ0n) is 12.6. The van der Waals surface area contributed by atoms with E-state index in [1.165, 1.54) is 18.2 Å². The molecule has 0 saturated carbocycles. The minimum Gasteiger partial charge on any atom is -0.361 e. The van der Waals surface area contributed by atoms with E-state index >= 15 is 0 Å². The maximum atomic E-state index is 12.7. The van der Waals surface area contributed by atoms with E-state index in [9.17, 15) is 4.79 Å². The van der Waals surface area contributed by atoms with E-state index < -0.39 is 0 Å². The van der Waals surface area contributed by atoms with E-state index in [4.69, 9.17) is 4.52 Å². The summed E-state index contributed by atoms with van der Waals surface area (Å²) in [7, 11) is 0. The predicted molar refractivity (Wildman–Crippen MR) is 84.8 cm³/mol. The molecule has 0 atom stereocenters. The summed E-state index contributed by atoms with van der Waals surface area (Å²) in [4.78, 5) is 19.0. The van der Waals surface area contributed by atoms with Crippen molar-refractivity contribution in [1.29, 1.82) is 0 Å². The number of piperidine rings is 1. The average Bonchev–Trinajstić information content (AvgIpc) is 2.99. The van der Waals surface area contributed by atoms with Crippen LogP contribution in [0.1, 0.15) is 41.1 Å². The summed E-state index contributed by atoms with van der Waals surface area (Å²) in [6.07, 6.45) is 5.12. The highest BCUT2D eigenvalue weighted by molar-refractivity contribution is 7.98. The Morgan fingerprint density at radius 2 is 2.18 bits per heavy atom. The first-order valence-corrected chi connectivity index (χ1v) is 8.52. The van der Waals surface area contributed by atoms with Crippen LogP contribution in [0.2, 0.25) is 0 Å². The van der Waals surface area contributed by atoms with E-state index in [2.05, 4.69) is 10.1 Å². The van der Waals surface area contributed by atoms with Crippen molar-refractivity contribution in [3.8, 4) is 0 Å². The molecule has 2 aromatic rings. The standard InChI is InChI=1S/C16H19N3O2S/c1-12-10-13(18-21-12)11-22-15-14(6-5-7-17-15)16(20)19-8-3-2-4-9-19/h5-7,10H,2-4,8-9,11H2,1H3. The predicted octanol–water partition coefficient (Wildman–Crippen LogP) is 3.30. The van der Waals surface area contributed by atoms with E-state index in [0.717, 1.165) is 42.4 Å². The Kier molecular flexibility index (Phi) is 4.77. The molecular formula is C16H19N3O2S. The normalized spacial score (nSPS) is 15.0. The second-order valence-corrected chi connectivity index (χ2v) is 6.39. The largest absolute Gasteiger partial charge is 0.361 e. The zero-order valence-corrected chi connectivity index (χ0v) is 13.4. The number of carbonyl (C=O) groups is 1. The summed E-state index contributed by atoms with van der Waals surface area (Å²) in [6.45, 7) is 3.56. The minimum absolute atomic E-state index is 0.0895. The maximum absolute atomic E-state index is 12.7. The number of hydrogen-bond donors (Lipinski definition) is 0. The summed E-state index contributed by atoms with van der Waals surface area (Å²) in [5.41, 5.74) is 1.55. The highest BCUT2D eigenvalue weighted by Gasteiger charge is 2.21. The summed E-state index contributed by atoms with van der Waals surface area (Å²) >= 11 is 1.52. The summed E-state index contributed by atoms with van der Waals surface area (Å²) in [5, 5.41) is 4.74. The molecule has 3 rings (SSSR count). The van der Waals surface area contributed by atoms with Gasteiger partial charge in [0.2, 0.25) is 0 Å². The van der Waals surface area contributed by atoms with Gasteiger partial charge >= 0.3 is 0 Å². The minimum atomic E-state index is 0.0895. The highest BCUT2D eigenvalue weighted by atomic mass is 32.2. The van der Waals surface area contributed by atoms with Crippen molar-refractivity contribution in [2.45, 2.75) is 37.0 Å². The lowest BCUT2D eigenvalue weighted by Crippen LogP contribution is -2.35. The zero-order chi connectivity index (χ0) is 15.4. The van der Waals surface area contributed by atoms with Gasteiger partial charge in [0.25, 0.3) is 5.91 Å². The molecule has 0 N–H and O–H groups in total. The lowest BCUT2D eigenvalue weighted by atomic mass is 10.1. The number of pyridine rings is 1. The second-order valence-electron chi connectivity index (χ2n) is 5.43. The van der Waals surface area contributed by atoms with Crippen molar-refractivity contribution < 1.29 is 9.32 Å². The van der Waals surface area contributed by atoms with Gasteiger partial charge in [-0.15, -0.1) is 0 Å². The molecule has 22 heavy (non-hydrogen) atoms. The van der Waals surface area contributed by atoms with Crippen molar-refractivity contribution in [2.24, 2.45) is 0 Å². The maximum Gasteiger partial charge on any atom is 0.256 e. The van der Waals surface area contributed by atoms with Crippen LogP contribution in [-0.4, -0.2) is 34.0 Å². The fourth-order valence-electron chi connectivity index (χ4n) is 2.56. The van der Waals surface area contributed by atoms with Crippen LogP contribution in [-0.2, 0) is 5.75 Å². The number of aryl methyl sites for hydroxylation is 1. The Morgan fingerprint density at radius 3 is 2.91 bits per heavy atom. The number of likely N-dealkylation sites (tertiary alicyclic amines) is 1. The van der Waals surface area contributed by atoms with Gasteiger partial charge in [0.05, 0.1) is 11.3 Å². The van der Waals surface area contributed by atoms with E-state index in [1.54, 1.807) is 6.20 Å². The lowest BCUT2D eigenvalue weighted by molar-refractivity contribution is 0.0720. The van der Waals surface area contributed by atoms with Crippen LogP contribution >= 0.6 is 11.8 Å². The number of rotatable bonds is 4. The average molecular weight is 317 g/mol. The topological polar surface area (TPSA) is 59.2 Å². The van der Waals surface area contributed by atoms with Crippen LogP contribution in [0, 0.1) is 6.92 Å². The third-order valence-corrected chi connectivity index (χ3v) is 4.72. The van der Waals surface area contributed by atoms with Gasteiger partial charge < -0.3 is 9.42 Å². The first kappa shape index (κ1) is 15.1. The number of carbonyl (C=O) groups excluding carboxylic acids is 1. The molecule has 0 aliphatic carbocycles. The molecular weight excluding hydrogens is 298 g/mol. The first-order valence-electron chi connectivity index (χ1n) is 7.53. The van der Waals surface area contributed by atoms with Gasteiger partial charge in [-0.05, 0) is 38.3 Å². The van der Waals surface area contributed by atoms with Crippen LogP contribution in [0.3, 0.4) is 0 Å². The number of thioether (sulfide) groups is 1. The molecule has 1 fully saturated rings. The molecule has 1 aliphatic rings. The van der Waals surface area contributed by atoms with Crippen molar-refractivity contribution in [1.82, 2.24) is 15.0 Å². The second kappa shape index (κ2) is 6.96. The Hall–Kier alpha value is -1.82. The van der Waals surface area contributed by atoms with Gasteiger partial charge in [0.1, 0.15) is 10.8 Å². The van der Waals surface area contributed by atoms with Crippen LogP contribution in [0.25, 0.3) is 0 Å². The molecule has 5 nitrogen and oxygen atoms in total. The Balaban J connectivity index is 1.72. The first-order chi connectivity index (χ1) is 10.7. The fraction of sp³-hybridized carbons (Fsp3) is 0.438. The third-order valence-electron chi connectivity index (χ3n) is 3.68. The SMILES string of the molecule is Cc1cc(CSc2ncccc2C(=O)N2CCCCC2)no1. The molecule has 0 radical (unpaired) electrons.